The number of hydrogen-bond donors (Lipinski definition) is 1. The van der Waals surface area contributed by atoms with E-state index in [1.807, 2.05) is 13.1 Å². The number of hydrogen-bond acceptors (Lipinski definition) is 1. The van der Waals surface area contributed by atoms with Crippen molar-refractivity contribution in [2.45, 2.75) is 19.3 Å². The van der Waals surface area contributed by atoms with Crippen LogP contribution < -0.4 is 5.32 Å². The van der Waals surface area contributed by atoms with Crippen molar-refractivity contribution in [2.75, 3.05) is 13.6 Å². The van der Waals surface area contributed by atoms with Gasteiger partial charge in [0.15, 0.2) is 0 Å². The number of rotatable bonds is 5. The van der Waals surface area contributed by atoms with Gasteiger partial charge in [-0.1, -0.05) is 42.0 Å². The highest BCUT2D eigenvalue weighted by atomic mass is 19.1. The van der Waals surface area contributed by atoms with Crippen LogP contribution in [0.5, 0.6) is 0 Å². The molecule has 19 heavy (non-hydrogen) atoms. The van der Waals surface area contributed by atoms with Gasteiger partial charge in [0.25, 0.3) is 0 Å². The molecule has 0 spiro atoms. The summed E-state index contributed by atoms with van der Waals surface area (Å²) in [5.41, 5.74) is 3.60. The molecule has 1 atom stereocenters. The third-order valence-electron chi connectivity index (χ3n) is 3.37. The molecule has 0 radical (unpaired) electrons. The van der Waals surface area contributed by atoms with Crippen LogP contribution in [0.15, 0.2) is 48.5 Å². The first-order chi connectivity index (χ1) is 9.19. The van der Waals surface area contributed by atoms with E-state index < -0.39 is 0 Å². The van der Waals surface area contributed by atoms with Crippen molar-refractivity contribution in [1.29, 1.82) is 0 Å². The SMILES string of the molecule is CNCC(Cc1ccc(C)cc1)c1cccc(F)c1. The summed E-state index contributed by atoms with van der Waals surface area (Å²) in [6, 6.07) is 15.5. The van der Waals surface area contributed by atoms with Crippen molar-refractivity contribution in [3.05, 3.63) is 71.0 Å². The standard InChI is InChI=1S/C17H20FN/c1-13-6-8-14(9-7-13)10-16(12-19-2)15-4-3-5-17(18)11-15/h3-9,11,16,19H,10,12H2,1-2H3. The minimum absolute atomic E-state index is 0.164. The molecule has 0 aliphatic rings. The van der Waals surface area contributed by atoms with Crippen LogP contribution in [-0.4, -0.2) is 13.6 Å². The van der Waals surface area contributed by atoms with E-state index in [1.165, 1.54) is 17.2 Å². The molecule has 2 aromatic carbocycles. The number of nitrogens with one attached hydrogen (secondary N) is 1. The molecule has 1 unspecified atom stereocenters. The molecule has 0 saturated carbocycles. The van der Waals surface area contributed by atoms with Gasteiger partial charge in [-0.05, 0) is 43.7 Å². The van der Waals surface area contributed by atoms with E-state index in [0.717, 1.165) is 18.5 Å². The largest absolute Gasteiger partial charge is 0.319 e. The highest BCUT2D eigenvalue weighted by Crippen LogP contribution is 2.21. The smallest absolute Gasteiger partial charge is 0.123 e. The topological polar surface area (TPSA) is 12.0 Å². The van der Waals surface area contributed by atoms with Gasteiger partial charge in [-0.3, -0.25) is 0 Å². The second-order valence-corrected chi connectivity index (χ2v) is 5.00. The Morgan fingerprint density at radius 2 is 1.84 bits per heavy atom. The van der Waals surface area contributed by atoms with Crippen LogP contribution in [0, 0.1) is 12.7 Å². The normalized spacial score (nSPS) is 12.4. The second-order valence-electron chi connectivity index (χ2n) is 5.00. The molecule has 0 heterocycles. The van der Waals surface area contributed by atoms with E-state index in [-0.39, 0.29) is 5.82 Å². The van der Waals surface area contributed by atoms with Gasteiger partial charge in [-0.25, -0.2) is 4.39 Å². The summed E-state index contributed by atoms with van der Waals surface area (Å²) in [7, 11) is 1.93. The summed E-state index contributed by atoms with van der Waals surface area (Å²) >= 11 is 0. The summed E-state index contributed by atoms with van der Waals surface area (Å²) in [5.74, 6) is 0.130. The molecule has 0 aliphatic heterocycles. The van der Waals surface area contributed by atoms with Crippen molar-refractivity contribution >= 4 is 0 Å². The third-order valence-corrected chi connectivity index (χ3v) is 3.37. The molecular formula is C17H20FN. The Morgan fingerprint density at radius 1 is 1.11 bits per heavy atom. The van der Waals surface area contributed by atoms with Crippen molar-refractivity contribution in [3.8, 4) is 0 Å². The highest BCUT2D eigenvalue weighted by Gasteiger charge is 2.12. The van der Waals surface area contributed by atoms with E-state index in [0.29, 0.717) is 5.92 Å². The molecule has 2 aromatic rings. The summed E-state index contributed by atoms with van der Waals surface area (Å²) in [5, 5.41) is 3.19. The number of halogens is 1. The molecule has 2 heteroatoms. The zero-order valence-electron chi connectivity index (χ0n) is 11.5. The molecule has 0 saturated heterocycles. The Balaban J connectivity index is 2.18. The Bertz CT molecular complexity index is 519. The van der Waals surface area contributed by atoms with Gasteiger partial charge in [0.2, 0.25) is 0 Å². The van der Waals surface area contributed by atoms with E-state index in [2.05, 4.69) is 36.5 Å². The number of benzene rings is 2. The van der Waals surface area contributed by atoms with E-state index in [1.54, 1.807) is 12.1 Å². The van der Waals surface area contributed by atoms with Crippen LogP contribution >= 0.6 is 0 Å². The van der Waals surface area contributed by atoms with Crippen LogP contribution in [0.4, 0.5) is 4.39 Å². The molecular weight excluding hydrogens is 237 g/mol. The van der Waals surface area contributed by atoms with Gasteiger partial charge in [0.05, 0.1) is 0 Å². The molecule has 100 valence electrons. The lowest BCUT2D eigenvalue weighted by atomic mass is 9.91. The molecule has 0 bridgehead atoms. The van der Waals surface area contributed by atoms with E-state index in [9.17, 15) is 4.39 Å². The molecule has 0 aromatic heterocycles. The fourth-order valence-corrected chi connectivity index (χ4v) is 2.32. The number of likely N-dealkylation sites (N-methyl/N-ethyl adjacent to an activating group) is 1. The fourth-order valence-electron chi connectivity index (χ4n) is 2.32. The maximum absolute atomic E-state index is 13.3. The van der Waals surface area contributed by atoms with Crippen molar-refractivity contribution in [1.82, 2.24) is 5.32 Å². The fraction of sp³-hybridized carbons (Fsp3) is 0.294. The van der Waals surface area contributed by atoms with Gasteiger partial charge in [0, 0.05) is 12.5 Å². The number of aryl methyl sites for hydroxylation is 1. The highest BCUT2D eigenvalue weighted by molar-refractivity contribution is 5.27. The van der Waals surface area contributed by atoms with Crippen molar-refractivity contribution in [3.63, 3.8) is 0 Å². The zero-order valence-corrected chi connectivity index (χ0v) is 11.5. The van der Waals surface area contributed by atoms with Crippen LogP contribution in [0.1, 0.15) is 22.6 Å². The average Bonchev–Trinajstić information content (AvgIpc) is 2.41. The van der Waals surface area contributed by atoms with Gasteiger partial charge >= 0.3 is 0 Å². The van der Waals surface area contributed by atoms with Gasteiger partial charge in [-0.2, -0.15) is 0 Å². The Hall–Kier alpha value is -1.67. The third kappa shape index (κ3) is 3.90. The van der Waals surface area contributed by atoms with Crippen molar-refractivity contribution in [2.24, 2.45) is 0 Å². The Morgan fingerprint density at radius 3 is 2.47 bits per heavy atom. The van der Waals surface area contributed by atoms with Gasteiger partial charge in [0.1, 0.15) is 5.82 Å². The van der Waals surface area contributed by atoms with Crippen LogP contribution in [0.2, 0.25) is 0 Å². The van der Waals surface area contributed by atoms with E-state index >= 15 is 0 Å². The average molecular weight is 257 g/mol. The minimum Gasteiger partial charge on any atom is -0.319 e. The van der Waals surface area contributed by atoms with E-state index in [4.69, 9.17) is 0 Å². The summed E-state index contributed by atoms with van der Waals surface area (Å²) in [4.78, 5) is 0. The first-order valence-corrected chi connectivity index (χ1v) is 6.64. The maximum atomic E-state index is 13.3. The quantitative estimate of drug-likeness (QED) is 0.861. The molecule has 1 nitrogen and oxygen atoms in total. The summed E-state index contributed by atoms with van der Waals surface area (Å²) in [6.45, 7) is 2.93. The first kappa shape index (κ1) is 13.8. The lowest BCUT2D eigenvalue weighted by Gasteiger charge is -2.17. The predicted molar refractivity (Wildman–Crippen MR) is 78.0 cm³/mol. The van der Waals surface area contributed by atoms with Crippen LogP contribution in [0.25, 0.3) is 0 Å². The lowest BCUT2D eigenvalue weighted by Crippen LogP contribution is -2.19. The first-order valence-electron chi connectivity index (χ1n) is 6.64. The molecule has 0 amide bonds. The second kappa shape index (κ2) is 6.48. The minimum atomic E-state index is -0.164. The molecule has 2 rings (SSSR count). The molecule has 0 fully saturated rings. The Kier molecular flexibility index (Phi) is 4.69. The van der Waals surface area contributed by atoms with Gasteiger partial charge < -0.3 is 5.32 Å². The predicted octanol–water partition coefficient (Wildman–Crippen LogP) is 3.68. The molecule has 1 N–H and O–H groups in total. The summed E-state index contributed by atoms with van der Waals surface area (Å²) in [6.07, 6.45) is 0.921. The van der Waals surface area contributed by atoms with Gasteiger partial charge in [-0.15, -0.1) is 0 Å². The summed E-state index contributed by atoms with van der Waals surface area (Å²) < 4.78 is 13.3. The van der Waals surface area contributed by atoms with Crippen LogP contribution in [-0.2, 0) is 6.42 Å². The maximum Gasteiger partial charge on any atom is 0.123 e. The lowest BCUT2D eigenvalue weighted by molar-refractivity contribution is 0.600. The monoisotopic (exact) mass is 257 g/mol. The van der Waals surface area contributed by atoms with Crippen molar-refractivity contribution < 1.29 is 4.39 Å². The molecule has 0 aliphatic carbocycles. The van der Waals surface area contributed by atoms with Crippen LogP contribution in [0.3, 0.4) is 0 Å². The Labute approximate surface area is 114 Å². The zero-order chi connectivity index (χ0) is 13.7.